The minimum absolute atomic E-state index is 0.347. The van der Waals surface area contributed by atoms with E-state index in [-0.39, 0.29) is 5.54 Å². The Morgan fingerprint density at radius 1 is 1.25 bits per heavy atom. The van der Waals surface area contributed by atoms with Crippen LogP contribution in [0.5, 0.6) is 5.75 Å². The van der Waals surface area contributed by atoms with Crippen molar-refractivity contribution in [2.24, 2.45) is 5.73 Å². The Labute approximate surface area is 124 Å². The summed E-state index contributed by atoms with van der Waals surface area (Å²) in [5.41, 5.74) is 9.20. The fourth-order valence-electron chi connectivity index (χ4n) is 2.21. The minimum atomic E-state index is -0.347. The zero-order valence-electron chi connectivity index (χ0n) is 12.8. The Bertz CT molecular complexity index is 611. The molecule has 0 aliphatic rings. The Morgan fingerprint density at radius 2 is 1.95 bits per heavy atom. The van der Waals surface area contributed by atoms with Crippen LogP contribution < -0.4 is 10.5 Å². The lowest BCUT2D eigenvalue weighted by atomic mass is 10.0. The van der Waals surface area contributed by atoms with Gasteiger partial charge in [0, 0.05) is 10.4 Å². The van der Waals surface area contributed by atoms with Crippen molar-refractivity contribution >= 4 is 11.3 Å². The number of nitrogens with two attached hydrogens (primary N) is 1. The highest BCUT2D eigenvalue weighted by atomic mass is 32.1. The van der Waals surface area contributed by atoms with Crippen LogP contribution in [0.3, 0.4) is 0 Å². The van der Waals surface area contributed by atoms with E-state index < -0.39 is 0 Å². The zero-order valence-corrected chi connectivity index (χ0v) is 13.6. The molecule has 2 aromatic rings. The van der Waals surface area contributed by atoms with Crippen molar-refractivity contribution in [2.45, 2.75) is 46.8 Å². The Balaban J connectivity index is 2.12. The molecule has 20 heavy (non-hydrogen) atoms. The lowest BCUT2D eigenvalue weighted by Crippen LogP contribution is -2.28. The Morgan fingerprint density at radius 3 is 2.50 bits per heavy atom. The molecule has 1 heterocycles. The second kappa shape index (κ2) is 5.54. The van der Waals surface area contributed by atoms with Gasteiger partial charge in [-0.3, -0.25) is 0 Å². The molecule has 0 spiro atoms. The van der Waals surface area contributed by atoms with E-state index in [0.717, 1.165) is 26.9 Å². The molecule has 1 aromatic heterocycles. The standard InChI is InChI=1S/C16H22N2OS/c1-10-6-7-13(11(2)8-10)19-9-14-18-12(3)15(20-14)16(4,5)17/h6-8H,9,17H2,1-5H3. The Hall–Kier alpha value is -1.39. The van der Waals surface area contributed by atoms with Crippen LogP contribution in [-0.4, -0.2) is 4.98 Å². The molecule has 0 aliphatic carbocycles. The summed E-state index contributed by atoms with van der Waals surface area (Å²) in [5.74, 6) is 0.914. The first kappa shape index (κ1) is 15.0. The van der Waals surface area contributed by atoms with E-state index in [2.05, 4.69) is 31.0 Å². The van der Waals surface area contributed by atoms with Gasteiger partial charge in [-0.15, -0.1) is 11.3 Å². The summed E-state index contributed by atoms with van der Waals surface area (Å²) in [6, 6.07) is 6.19. The number of rotatable bonds is 4. The van der Waals surface area contributed by atoms with Crippen molar-refractivity contribution in [2.75, 3.05) is 0 Å². The lowest BCUT2D eigenvalue weighted by molar-refractivity contribution is 0.303. The molecule has 0 bridgehead atoms. The number of ether oxygens (including phenoxy) is 1. The molecule has 0 aliphatic heterocycles. The number of hydrogen-bond acceptors (Lipinski definition) is 4. The molecule has 3 nitrogen and oxygen atoms in total. The van der Waals surface area contributed by atoms with Gasteiger partial charge in [-0.2, -0.15) is 0 Å². The molecule has 2 rings (SSSR count). The summed E-state index contributed by atoms with van der Waals surface area (Å²) >= 11 is 1.63. The van der Waals surface area contributed by atoms with E-state index in [1.807, 2.05) is 26.8 Å². The molecule has 2 N–H and O–H groups in total. The van der Waals surface area contributed by atoms with Crippen molar-refractivity contribution in [1.82, 2.24) is 4.98 Å². The fourth-order valence-corrected chi connectivity index (χ4v) is 3.21. The van der Waals surface area contributed by atoms with Gasteiger partial charge in [-0.25, -0.2) is 4.98 Å². The normalized spacial score (nSPS) is 11.7. The smallest absolute Gasteiger partial charge is 0.140 e. The highest BCUT2D eigenvalue weighted by molar-refractivity contribution is 7.11. The van der Waals surface area contributed by atoms with Gasteiger partial charge in [0.1, 0.15) is 17.4 Å². The van der Waals surface area contributed by atoms with Crippen molar-refractivity contribution in [3.8, 4) is 5.75 Å². The zero-order chi connectivity index (χ0) is 14.9. The summed E-state index contributed by atoms with van der Waals surface area (Å²) in [7, 11) is 0. The highest BCUT2D eigenvalue weighted by Gasteiger charge is 2.21. The molecule has 0 saturated carbocycles. The summed E-state index contributed by atoms with van der Waals surface area (Å²) in [6.45, 7) is 10.6. The van der Waals surface area contributed by atoms with Crippen LogP contribution in [0.4, 0.5) is 0 Å². The van der Waals surface area contributed by atoms with Crippen LogP contribution in [0.15, 0.2) is 18.2 Å². The van der Waals surface area contributed by atoms with Gasteiger partial charge in [0.2, 0.25) is 0 Å². The molecule has 108 valence electrons. The van der Waals surface area contributed by atoms with Crippen LogP contribution >= 0.6 is 11.3 Å². The first-order chi connectivity index (χ1) is 9.27. The second-order valence-corrected chi connectivity index (χ2v) is 6.89. The SMILES string of the molecule is Cc1ccc(OCc2nc(C)c(C(C)(C)N)s2)c(C)c1. The van der Waals surface area contributed by atoms with Crippen molar-refractivity contribution in [3.05, 3.63) is 44.9 Å². The predicted octanol–water partition coefficient (Wildman–Crippen LogP) is 3.84. The van der Waals surface area contributed by atoms with E-state index in [1.165, 1.54) is 5.56 Å². The summed E-state index contributed by atoms with van der Waals surface area (Å²) in [5, 5.41) is 0.969. The molecule has 0 atom stereocenters. The maximum atomic E-state index is 6.15. The monoisotopic (exact) mass is 290 g/mol. The molecule has 0 radical (unpaired) electrons. The fraction of sp³-hybridized carbons (Fsp3) is 0.438. The van der Waals surface area contributed by atoms with Crippen LogP contribution in [-0.2, 0) is 12.1 Å². The number of aromatic nitrogens is 1. The van der Waals surface area contributed by atoms with Gasteiger partial charge in [-0.1, -0.05) is 17.7 Å². The van der Waals surface area contributed by atoms with Gasteiger partial charge in [0.05, 0.1) is 5.69 Å². The van der Waals surface area contributed by atoms with Crippen LogP contribution in [0.1, 0.15) is 40.6 Å². The van der Waals surface area contributed by atoms with Gasteiger partial charge in [0.15, 0.2) is 0 Å². The van der Waals surface area contributed by atoms with Crippen LogP contribution in [0.2, 0.25) is 0 Å². The van der Waals surface area contributed by atoms with E-state index in [4.69, 9.17) is 10.5 Å². The number of benzene rings is 1. The number of hydrogen-bond donors (Lipinski definition) is 1. The first-order valence-corrected chi connectivity index (χ1v) is 7.55. The number of thiazole rings is 1. The molecule has 1 aromatic carbocycles. The first-order valence-electron chi connectivity index (χ1n) is 6.73. The van der Waals surface area contributed by atoms with Crippen molar-refractivity contribution in [1.29, 1.82) is 0 Å². The highest BCUT2D eigenvalue weighted by Crippen LogP contribution is 2.28. The quantitative estimate of drug-likeness (QED) is 0.930. The predicted molar refractivity (Wildman–Crippen MR) is 84.3 cm³/mol. The van der Waals surface area contributed by atoms with E-state index in [9.17, 15) is 0 Å². The van der Waals surface area contributed by atoms with Crippen molar-refractivity contribution in [3.63, 3.8) is 0 Å². The minimum Gasteiger partial charge on any atom is -0.486 e. The average Bonchev–Trinajstić information content (AvgIpc) is 2.69. The maximum Gasteiger partial charge on any atom is 0.140 e. The Kier molecular flexibility index (Phi) is 4.16. The third-order valence-electron chi connectivity index (χ3n) is 3.11. The van der Waals surface area contributed by atoms with Gasteiger partial charge < -0.3 is 10.5 Å². The summed E-state index contributed by atoms with van der Waals surface area (Å²) in [6.07, 6.45) is 0. The van der Waals surface area contributed by atoms with E-state index in [0.29, 0.717) is 6.61 Å². The molecular weight excluding hydrogens is 268 g/mol. The molecule has 4 heteroatoms. The maximum absolute atomic E-state index is 6.15. The number of nitrogens with zero attached hydrogens (tertiary/aromatic N) is 1. The van der Waals surface area contributed by atoms with Gasteiger partial charge in [0.25, 0.3) is 0 Å². The van der Waals surface area contributed by atoms with Gasteiger partial charge in [-0.05, 0) is 46.2 Å². The molecule has 0 amide bonds. The average molecular weight is 290 g/mol. The second-order valence-electron chi connectivity index (χ2n) is 5.80. The molecular formula is C16H22N2OS. The largest absolute Gasteiger partial charge is 0.486 e. The van der Waals surface area contributed by atoms with Gasteiger partial charge >= 0.3 is 0 Å². The third kappa shape index (κ3) is 3.38. The molecule has 0 saturated heterocycles. The molecule has 0 fully saturated rings. The number of aryl methyl sites for hydroxylation is 3. The van der Waals surface area contributed by atoms with E-state index in [1.54, 1.807) is 11.3 Å². The molecule has 0 unspecified atom stereocenters. The summed E-state index contributed by atoms with van der Waals surface area (Å²) < 4.78 is 5.87. The van der Waals surface area contributed by atoms with Crippen LogP contribution in [0.25, 0.3) is 0 Å². The lowest BCUT2D eigenvalue weighted by Gasteiger charge is -2.16. The van der Waals surface area contributed by atoms with E-state index >= 15 is 0 Å². The van der Waals surface area contributed by atoms with Crippen LogP contribution in [0, 0.1) is 20.8 Å². The van der Waals surface area contributed by atoms with Crippen molar-refractivity contribution < 1.29 is 4.74 Å². The summed E-state index contributed by atoms with van der Waals surface area (Å²) in [4.78, 5) is 5.67. The topological polar surface area (TPSA) is 48.1 Å². The third-order valence-corrected chi connectivity index (χ3v) is 4.58.